The second kappa shape index (κ2) is 36.2. The van der Waals surface area contributed by atoms with Crippen molar-refractivity contribution in [2.75, 3.05) is 13.2 Å². The number of aliphatic hydroxyl groups excluding tert-OH is 6. The van der Waals surface area contributed by atoms with E-state index in [1.165, 1.54) is 154 Å². The van der Waals surface area contributed by atoms with E-state index in [9.17, 15) is 35.4 Å². The third kappa shape index (κ3) is 26.7. The van der Waals surface area contributed by atoms with Crippen molar-refractivity contribution in [1.29, 1.82) is 0 Å². The average molecular weight is 788 g/mol. The number of ether oxygens (including phenoxy) is 2. The lowest BCUT2D eigenvalue weighted by Crippen LogP contribution is -2.60. The van der Waals surface area contributed by atoms with Gasteiger partial charge in [-0.1, -0.05) is 206 Å². The van der Waals surface area contributed by atoms with Gasteiger partial charge < -0.3 is 45.4 Å². The third-order valence-corrected chi connectivity index (χ3v) is 11.6. The largest absolute Gasteiger partial charge is 0.394 e. The van der Waals surface area contributed by atoms with Gasteiger partial charge in [-0.15, -0.1) is 0 Å². The first-order chi connectivity index (χ1) is 26.8. The SMILES string of the molecule is CCCCCCCCCCCCCCCCCCCC(O)C(COC1OC(CO)C(O)C(O)C1O)NC(=O)C(O)CCCCCCCCCCCCCCC. The maximum absolute atomic E-state index is 13.0. The van der Waals surface area contributed by atoms with Gasteiger partial charge in [0.05, 0.1) is 25.4 Å². The second-order valence-electron chi connectivity index (χ2n) is 16.7. The minimum absolute atomic E-state index is 0.250. The lowest BCUT2D eigenvalue weighted by Gasteiger charge is -2.40. The van der Waals surface area contributed by atoms with E-state index >= 15 is 0 Å². The number of hydrogen-bond acceptors (Lipinski definition) is 9. The highest BCUT2D eigenvalue weighted by atomic mass is 16.7. The number of carbonyl (C=O) groups is 1. The molecule has 0 aliphatic carbocycles. The van der Waals surface area contributed by atoms with Gasteiger partial charge in [-0.25, -0.2) is 0 Å². The molecule has 1 rings (SSSR count). The Labute approximate surface area is 336 Å². The molecule has 328 valence electrons. The summed E-state index contributed by atoms with van der Waals surface area (Å²) < 4.78 is 11.2. The average Bonchev–Trinajstić information content (AvgIpc) is 3.18. The molecule has 1 fully saturated rings. The summed E-state index contributed by atoms with van der Waals surface area (Å²) in [7, 11) is 0. The van der Waals surface area contributed by atoms with Crippen LogP contribution in [0.15, 0.2) is 0 Å². The van der Waals surface area contributed by atoms with E-state index < -0.39 is 61.5 Å². The van der Waals surface area contributed by atoms with Gasteiger partial charge in [-0.05, 0) is 12.8 Å². The molecule has 7 N–H and O–H groups in total. The Morgan fingerprint density at radius 2 is 0.909 bits per heavy atom. The monoisotopic (exact) mass is 788 g/mol. The molecule has 8 atom stereocenters. The van der Waals surface area contributed by atoms with E-state index in [0.29, 0.717) is 12.8 Å². The Hall–Kier alpha value is -0.850. The summed E-state index contributed by atoms with van der Waals surface area (Å²) in [5.74, 6) is -0.581. The minimum atomic E-state index is -1.59. The molecule has 10 heteroatoms. The molecule has 1 saturated heterocycles. The van der Waals surface area contributed by atoms with Crippen molar-refractivity contribution in [2.45, 2.75) is 268 Å². The number of hydrogen-bond donors (Lipinski definition) is 7. The van der Waals surface area contributed by atoms with E-state index in [4.69, 9.17) is 9.47 Å². The van der Waals surface area contributed by atoms with Gasteiger partial charge in [0.1, 0.15) is 30.5 Å². The van der Waals surface area contributed by atoms with E-state index in [1.807, 2.05) is 0 Å². The van der Waals surface area contributed by atoms with Crippen molar-refractivity contribution in [3.8, 4) is 0 Å². The molecule has 0 radical (unpaired) electrons. The summed E-state index contributed by atoms with van der Waals surface area (Å²) in [6, 6.07) is -0.887. The van der Waals surface area contributed by atoms with Gasteiger partial charge in [-0.3, -0.25) is 4.79 Å². The third-order valence-electron chi connectivity index (χ3n) is 11.6. The molecule has 8 unspecified atom stereocenters. The first-order valence-corrected chi connectivity index (χ1v) is 23.3. The molecular weight excluding hydrogens is 698 g/mol. The van der Waals surface area contributed by atoms with Crippen molar-refractivity contribution in [1.82, 2.24) is 5.32 Å². The molecule has 10 nitrogen and oxygen atoms in total. The van der Waals surface area contributed by atoms with Gasteiger partial charge in [0.15, 0.2) is 6.29 Å². The fraction of sp³-hybridized carbons (Fsp3) is 0.978. The summed E-state index contributed by atoms with van der Waals surface area (Å²) in [4.78, 5) is 13.0. The maximum Gasteiger partial charge on any atom is 0.249 e. The van der Waals surface area contributed by atoms with Crippen LogP contribution < -0.4 is 5.32 Å². The number of unbranched alkanes of at least 4 members (excludes halogenated alkanes) is 28. The Balaban J connectivity index is 2.38. The standard InChI is InChI=1S/C45H89NO9/c1-3-5-7-9-11-13-15-17-18-19-20-22-23-25-27-29-31-33-38(48)37(36-54-45-43(52)42(51)41(50)40(35-47)55-45)46-44(53)39(49)34-32-30-28-26-24-21-16-14-12-10-8-6-4-2/h37-43,45,47-52H,3-36H2,1-2H3,(H,46,53). The zero-order valence-corrected chi connectivity index (χ0v) is 35.6. The van der Waals surface area contributed by atoms with Crippen LogP contribution in [-0.4, -0.2) is 98.7 Å². The fourth-order valence-corrected chi connectivity index (χ4v) is 7.70. The van der Waals surface area contributed by atoms with Crippen LogP contribution in [0.3, 0.4) is 0 Å². The smallest absolute Gasteiger partial charge is 0.249 e. The zero-order valence-electron chi connectivity index (χ0n) is 35.6. The van der Waals surface area contributed by atoms with Crippen molar-refractivity contribution in [2.24, 2.45) is 0 Å². The second-order valence-corrected chi connectivity index (χ2v) is 16.7. The molecule has 0 aromatic rings. The minimum Gasteiger partial charge on any atom is -0.394 e. The van der Waals surface area contributed by atoms with Crippen LogP contribution in [0.5, 0.6) is 0 Å². The van der Waals surface area contributed by atoms with Crippen molar-refractivity contribution in [3.63, 3.8) is 0 Å². The highest BCUT2D eigenvalue weighted by molar-refractivity contribution is 5.80. The fourth-order valence-electron chi connectivity index (χ4n) is 7.70. The predicted octanol–water partition coefficient (Wildman–Crippen LogP) is 8.53. The molecule has 0 aromatic carbocycles. The maximum atomic E-state index is 13.0. The van der Waals surface area contributed by atoms with Crippen LogP contribution in [0.2, 0.25) is 0 Å². The van der Waals surface area contributed by atoms with Crippen LogP contribution in [0.25, 0.3) is 0 Å². The van der Waals surface area contributed by atoms with E-state index in [0.717, 1.165) is 38.5 Å². The topological polar surface area (TPSA) is 169 Å². The van der Waals surface area contributed by atoms with E-state index in [1.54, 1.807) is 0 Å². The highest BCUT2D eigenvalue weighted by Gasteiger charge is 2.44. The normalized spacial score (nSPS) is 21.8. The highest BCUT2D eigenvalue weighted by Crippen LogP contribution is 2.23. The lowest BCUT2D eigenvalue weighted by molar-refractivity contribution is -0.302. The van der Waals surface area contributed by atoms with Gasteiger partial charge in [-0.2, -0.15) is 0 Å². The number of aliphatic hydroxyl groups is 6. The Morgan fingerprint density at radius 3 is 1.29 bits per heavy atom. The van der Waals surface area contributed by atoms with Crippen LogP contribution in [0.4, 0.5) is 0 Å². The summed E-state index contributed by atoms with van der Waals surface area (Å²) in [5, 5.41) is 64.8. The predicted molar refractivity (Wildman–Crippen MR) is 223 cm³/mol. The van der Waals surface area contributed by atoms with Gasteiger partial charge in [0, 0.05) is 0 Å². The molecule has 0 bridgehead atoms. The van der Waals surface area contributed by atoms with Gasteiger partial charge >= 0.3 is 0 Å². The molecule has 1 heterocycles. The molecule has 55 heavy (non-hydrogen) atoms. The number of rotatable bonds is 39. The molecule has 0 aromatic heterocycles. The first-order valence-electron chi connectivity index (χ1n) is 23.3. The quantitative estimate of drug-likeness (QED) is 0.0302. The number of nitrogens with one attached hydrogen (secondary N) is 1. The number of amides is 1. The van der Waals surface area contributed by atoms with Crippen LogP contribution >= 0.6 is 0 Å². The Kier molecular flexibility index (Phi) is 34.4. The van der Waals surface area contributed by atoms with Crippen LogP contribution in [-0.2, 0) is 14.3 Å². The van der Waals surface area contributed by atoms with Crippen LogP contribution in [0, 0.1) is 0 Å². The van der Waals surface area contributed by atoms with Crippen molar-refractivity contribution in [3.05, 3.63) is 0 Å². The van der Waals surface area contributed by atoms with Crippen molar-refractivity contribution < 1.29 is 44.9 Å². The summed E-state index contributed by atoms with van der Waals surface area (Å²) in [6.45, 7) is 3.67. The molecule has 0 spiro atoms. The van der Waals surface area contributed by atoms with E-state index in [-0.39, 0.29) is 6.61 Å². The summed E-state index contributed by atoms with van der Waals surface area (Å²) >= 11 is 0. The zero-order chi connectivity index (χ0) is 40.4. The lowest BCUT2D eigenvalue weighted by atomic mass is 9.99. The number of carbonyl (C=O) groups excluding carboxylic acids is 1. The van der Waals surface area contributed by atoms with Crippen LogP contribution in [0.1, 0.15) is 219 Å². The first kappa shape index (κ1) is 52.2. The molecule has 1 amide bonds. The molecule has 1 aliphatic heterocycles. The molecule has 1 aliphatic rings. The molecular formula is C45H89NO9. The summed E-state index contributed by atoms with van der Waals surface area (Å²) in [6.07, 6.45) is 28.6. The summed E-state index contributed by atoms with van der Waals surface area (Å²) in [5.41, 5.74) is 0. The Bertz CT molecular complexity index is 849. The molecule has 0 saturated carbocycles. The van der Waals surface area contributed by atoms with Gasteiger partial charge in [0.2, 0.25) is 5.91 Å². The van der Waals surface area contributed by atoms with Gasteiger partial charge in [0.25, 0.3) is 0 Å². The van der Waals surface area contributed by atoms with E-state index in [2.05, 4.69) is 19.2 Å². The Morgan fingerprint density at radius 1 is 0.545 bits per heavy atom. The van der Waals surface area contributed by atoms with Crippen molar-refractivity contribution >= 4 is 5.91 Å².